The van der Waals surface area contributed by atoms with Crippen molar-refractivity contribution in [3.8, 4) is 0 Å². The van der Waals surface area contributed by atoms with Crippen molar-refractivity contribution in [2.24, 2.45) is 0 Å². The van der Waals surface area contributed by atoms with Crippen molar-refractivity contribution in [3.05, 3.63) is 0 Å². The van der Waals surface area contributed by atoms with Gasteiger partial charge in [-0.3, -0.25) is 4.79 Å². The molecule has 18 heavy (non-hydrogen) atoms. The van der Waals surface area contributed by atoms with Gasteiger partial charge in [-0.15, -0.1) is 0 Å². The average Bonchev–Trinajstić information content (AvgIpc) is 2.35. The zero-order valence-electron chi connectivity index (χ0n) is 11.3. The first-order valence-electron chi connectivity index (χ1n) is 5.86. The second-order valence-corrected chi connectivity index (χ2v) is 3.85. The fourth-order valence-corrected chi connectivity index (χ4v) is 1.31. The van der Waals surface area contributed by atoms with E-state index in [-0.39, 0.29) is 12.5 Å². The number of urea groups is 1. The second kappa shape index (κ2) is 7.52. The van der Waals surface area contributed by atoms with Crippen molar-refractivity contribution in [3.63, 3.8) is 0 Å². The molecule has 0 rings (SSSR count). The molecule has 0 fully saturated rings. The first kappa shape index (κ1) is 16.2. The van der Waals surface area contributed by atoms with Crippen LogP contribution < -0.4 is 5.32 Å². The van der Waals surface area contributed by atoms with Gasteiger partial charge in [0.1, 0.15) is 6.04 Å². The maximum absolute atomic E-state index is 11.6. The molecule has 0 heterocycles. The quantitative estimate of drug-likeness (QED) is 0.701. The third-order valence-electron chi connectivity index (χ3n) is 2.77. The Bertz CT molecular complexity index is 315. The van der Waals surface area contributed by atoms with Crippen LogP contribution in [-0.2, 0) is 9.59 Å². The van der Waals surface area contributed by atoms with Gasteiger partial charge in [-0.2, -0.15) is 0 Å². The van der Waals surface area contributed by atoms with Gasteiger partial charge in [-0.25, -0.2) is 9.59 Å². The maximum atomic E-state index is 11.6. The Kier molecular flexibility index (Phi) is 6.77. The van der Waals surface area contributed by atoms with Crippen LogP contribution in [0.1, 0.15) is 20.8 Å². The van der Waals surface area contributed by atoms with Crippen LogP contribution >= 0.6 is 0 Å². The number of nitrogens with one attached hydrogen (secondary N) is 1. The average molecular weight is 259 g/mol. The van der Waals surface area contributed by atoms with Gasteiger partial charge < -0.3 is 20.2 Å². The second-order valence-electron chi connectivity index (χ2n) is 3.85. The minimum absolute atomic E-state index is 0.128. The number of carboxylic acid groups (broad SMARTS) is 1. The summed E-state index contributed by atoms with van der Waals surface area (Å²) in [6, 6.07) is -1.51. The van der Waals surface area contributed by atoms with E-state index < -0.39 is 18.0 Å². The molecule has 2 N–H and O–H groups in total. The van der Waals surface area contributed by atoms with Crippen LogP contribution in [0.5, 0.6) is 0 Å². The number of hydrogen-bond acceptors (Lipinski definition) is 3. The summed E-state index contributed by atoms with van der Waals surface area (Å²) in [5.74, 6) is -1.28. The van der Waals surface area contributed by atoms with Crippen molar-refractivity contribution in [2.45, 2.75) is 26.8 Å². The van der Waals surface area contributed by atoms with Crippen LogP contribution in [-0.4, -0.2) is 65.5 Å². The highest BCUT2D eigenvalue weighted by atomic mass is 16.4. The summed E-state index contributed by atoms with van der Waals surface area (Å²) in [7, 11) is 1.37. The van der Waals surface area contributed by atoms with Gasteiger partial charge in [-0.05, 0) is 20.8 Å². The lowest BCUT2D eigenvalue weighted by atomic mass is 10.3. The lowest BCUT2D eigenvalue weighted by Crippen LogP contribution is -2.48. The van der Waals surface area contributed by atoms with E-state index in [2.05, 4.69) is 5.32 Å². The molecule has 0 saturated carbocycles. The van der Waals surface area contributed by atoms with Gasteiger partial charge in [0.15, 0.2) is 0 Å². The van der Waals surface area contributed by atoms with Crippen LogP contribution in [0.4, 0.5) is 4.79 Å². The molecule has 1 unspecified atom stereocenters. The van der Waals surface area contributed by atoms with E-state index in [9.17, 15) is 14.4 Å². The molecule has 7 nitrogen and oxygen atoms in total. The number of hydrogen-bond donors (Lipinski definition) is 2. The van der Waals surface area contributed by atoms with Crippen molar-refractivity contribution in [1.29, 1.82) is 0 Å². The monoisotopic (exact) mass is 259 g/mol. The van der Waals surface area contributed by atoms with Gasteiger partial charge in [0.2, 0.25) is 5.91 Å². The summed E-state index contributed by atoms with van der Waals surface area (Å²) < 4.78 is 0. The lowest BCUT2D eigenvalue weighted by Gasteiger charge is -2.23. The SMILES string of the molecule is CCN(CC)C(=O)CNC(=O)N(C)C(C)C(=O)O. The zero-order chi connectivity index (χ0) is 14.3. The lowest BCUT2D eigenvalue weighted by molar-refractivity contribution is -0.141. The molecule has 0 aliphatic heterocycles. The van der Waals surface area contributed by atoms with Crippen LogP contribution in [0, 0.1) is 0 Å². The number of carboxylic acids is 1. The van der Waals surface area contributed by atoms with Gasteiger partial charge in [0.25, 0.3) is 0 Å². The smallest absolute Gasteiger partial charge is 0.326 e. The van der Waals surface area contributed by atoms with E-state index >= 15 is 0 Å². The molecule has 0 spiro atoms. The van der Waals surface area contributed by atoms with Gasteiger partial charge >= 0.3 is 12.0 Å². The highest BCUT2D eigenvalue weighted by Crippen LogP contribution is 1.96. The molecule has 0 aliphatic carbocycles. The number of aliphatic carboxylic acids is 1. The molecule has 0 radical (unpaired) electrons. The molecular formula is C11H21N3O4. The number of amides is 3. The normalized spacial score (nSPS) is 11.6. The molecule has 0 aromatic rings. The van der Waals surface area contributed by atoms with Crippen LogP contribution in [0.25, 0.3) is 0 Å². The van der Waals surface area contributed by atoms with Crippen molar-refractivity contribution < 1.29 is 19.5 Å². The fraction of sp³-hybridized carbons (Fsp3) is 0.727. The predicted octanol–water partition coefficient (Wildman–Crippen LogP) is -0.0307. The van der Waals surface area contributed by atoms with E-state index in [1.807, 2.05) is 13.8 Å². The highest BCUT2D eigenvalue weighted by molar-refractivity contribution is 5.86. The van der Waals surface area contributed by atoms with Crippen LogP contribution in [0.2, 0.25) is 0 Å². The largest absolute Gasteiger partial charge is 0.480 e. The van der Waals surface area contributed by atoms with Crippen molar-refractivity contribution in [2.75, 3.05) is 26.7 Å². The Labute approximate surface area is 107 Å². The molecule has 7 heteroatoms. The summed E-state index contributed by atoms with van der Waals surface area (Å²) in [4.78, 5) is 36.5. The maximum Gasteiger partial charge on any atom is 0.326 e. The zero-order valence-corrected chi connectivity index (χ0v) is 11.3. The van der Waals surface area contributed by atoms with Crippen LogP contribution in [0.15, 0.2) is 0 Å². The standard InChI is InChI=1S/C11H21N3O4/c1-5-14(6-2)9(15)7-12-11(18)13(4)8(3)10(16)17/h8H,5-7H2,1-4H3,(H,12,18)(H,16,17). The first-order chi connectivity index (χ1) is 8.34. The molecule has 0 bridgehead atoms. The molecule has 0 aromatic heterocycles. The van der Waals surface area contributed by atoms with Crippen molar-refractivity contribution >= 4 is 17.9 Å². The Morgan fingerprint density at radius 3 is 2.11 bits per heavy atom. The summed E-state index contributed by atoms with van der Waals surface area (Å²) >= 11 is 0. The Morgan fingerprint density at radius 1 is 1.22 bits per heavy atom. The van der Waals surface area contributed by atoms with Gasteiger partial charge in [0, 0.05) is 20.1 Å². The topological polar surface area (TPSA) is 90.0 Å². The van der Waals surface area contributed by atoms with E-state index in [4.69, 9.17) is 5.11 Å². The Hall–Kier alpha value is -1.79. The summed E-state index contributed by atoms with van der Waals surface area (Å²) in [6.45, 7) is 6.12. The van der Waals surface area contributed by atoms with E-state index in [1.54, 1.807) is 4.90 Å². The summed E-state index contributed by atoms with van der Waals surface area (Å²) in [6.07, 6.45) is 0. The first-order valence-corrected chi connectivity index (χ1v) is 5.86. The summed E-state index contributed by atoms with van der Waals surface area (Å²) in [5.41, 5.74) is 0. The molecular weight excluding hydrogens is 238 g/mol. The fourth-order valence-electron chi connectivity index (χ4n) is 1.31. The third-order valence-corrected chi connectivity index (χ3v) is 2.77. The van der Waals surface area contributed by atoms with E-state index in [0.29, 0.717) is 13.1 Å². The molecule has 0 saturated heterocycles. The molecule has 0 aliphatic rings. The van der Waals surface area contributed by atoms with E-state index in [0.717, 1.165) is 4.90 Å². The third kappa shape index (κ3) is 4.60. The number of nitrogens with zero attached hydrogens (tertiary/aromatic N) is 2. The Balaban J connectivity index is 4.26. The predicted molar refractivity (Wildman–Crippen MR) is 66.2 cm³/mol. The number of carbonyl (C=O) groups is 3. The minimum Gasteiger partial charge on any atom is -0.480 e. The van der Waals surface area contributed by atoms with Gasteiger partial charge in [-0.1, -0.05) is 0 Å². The molecule has 3 amide bonds. The number of rotatable bonds is 6. The minimum atomic E-state index is -1.09. The molecule has 1 atom stereocenters. The van der Waals surface area contributed by atoms with Crippen LogP contribution in [0.3, 0.4) is 0 Å². The molecule has 104 valence electrons. The highest BCUT2D eigenvalue weighted by Gasteiger charge is 2.22. The van der Waals surface area contributed by atoms with Crippen molar-refractivity contribution in [1.82, 2.24) is 15.1 Å². The summed E-state index contributed by atoms with van der Waals surface area (Å²) in [5, 5.41) is 11.1. The van der Waals surface area contributed by atoms with Gasteiger partial charge in [0.05, 0.1) is 6.54 Å². The van der Waals surface area contributed by atoms with E-state index in [1.165, 1.54) is 14.0 Å². The number of likely N-dealkylation sites (N-methyl/N-ethyl adjacent to an activating group) is 2. The Morgan fingerprint density at radius 2 is 1.72 bits per heavy atom. The molecule has 0 aromatic carbocycles. The number of carbonyl (C=O) groups excluding carboxylic acids is 2.